The maximum Gasteiger partial charge on any atom is 0.164 e. The molecule has 0 aliphatic rings. The first-order valence-corrected chi connectivity index (χ1v) is 19.1. The third-order valence-corrected chi connectivity index (χ3v) is 11.2. The van der Waals surface area contributed by atoms with Crippen LogP contribution < -0.4 is 0 Å². The molecular formula is C50H32N4S. The van der Waals surface area contributed by atoms with Crippen LogP contribution in [-0.2, 0) is 0 Å². The largest absolute Gasteiger partial charge is 0.247 e. The Morgan fingerprint density at radius 1 is 0.327 bits per heavy atom. The Balaban J connectivity index is 1.13. The number of fused-ring (bicyclic) bond motifs is 3. The summed E-state index contributed by atoms with van der Waals surface area (Å²) in [7, 11) is 0. The summed E-state index contributed by atoms with van der Waals surface area (Å²) in [6.45, 7) is 0. The molecule has 0 saturated heterocycles. The lowest BCUT2D eigenvalue weighted by Crippen LogP contribution is -2.00. The number of thiophene rings is 1. The fourth-order valence-corrected chi connectivity index (χ4v) is 8.60. The SMILES string of the molecule is c1ccc(-c2nc(-c3ccccc3)nc(-c3ccc(-c4ccc5nc(-c6ccccc6)c6c(-c7ccccc7)c(-c7ccccc7)sc6c5c4)cc3)n2)cc1. The van der Waals surface area contributed by atoms with Gasteiger partial charge in [0.2, 0.25) is 0 Å². The number of benzene rings is 7. The van der Waals surface area contributed by atoms with Crippen molar-refractivity contribution in [2.24, 2.45) is 0 Å². The first-order chi connectivity index (χ1) is 27.3. The fraction of sp³-hybridized carbons (Fsp3) is 0. The minimum Gasteiger partial charge on any atom is -0.247 e. The van der Waals surface area contributed by atoms with Crippen molar-refractivity contribution in [2.75, 3.05) is 0 Å². The van der Waals surface area contributed by atoms with E-state index < -0.39 is 0 Å². The Labute approximate surface area is 323 Å². The summed E-state index contributed by atoms with van der Waals surface area (Å²) in [6.07, 6.45) is 0. The summed E-state index contributed by atoms with van der Waals surface area (Å²) >= 11 is 1.85. The molecule has 10 rings (SSSR count). The lowest BCUT2D eigenvalue weighted by molar-refractivity contribution is 1.07. The Bertz CT molecular complexity index is 2870. The van der Waals surface area contributed by atoms with Gasteiger partial charge in [-0.2, -0.15) is 0 Å². The van der Waals surface area contributed by atoms with Gasteiger partial charge in [0.1, 0.15) is 0 Å². The summed E-state index contributed by atoms with van der Waals surface area (Å²) in [5.41, 5.74) is 11.7. The standard InChI is InChI=1S/C50H32N4S/c1-6-16-34(17-7-1)43-44-45(35-18-8-2-9-19-35)51-42-31-30-40(32-41(42)47(44)55-46(43)36-20-10-3-11-21-36)33-26-28-39(29-27-33)50-53-48(37-22-12-4-13-23-37)52-49(54-50)38-24-14-5-15-25-38/h1-32H. The van der Waals surface area contributed by atoms with Crippen molar-refractivity contribution >= 4 is 32.3 Å². The molecule has 3 heterocycles. The molecule has 5 heteroatoms. The zero-order valence-corrected chi connectivity index (χ0v) is 30.5. The molecule has 0 radical (unpaired) electrons. The van der Waals surface area contributed by atoms with Gasteiger partial charge in [-0.3, -0.25) is 0 Å². The maximum atomic E-state index is 5.41. The number of aromatic nitrogens is 4. The molecular weight excluding hydrogens is 689 g/mol. The molecule has 10 aromatic rings. The van der Waals surface area contributed by atoms with Crippen molar-refractivity contribution in [1.29, 1.82) is 0 Å². The van der Waals surface area contributed by atoms with Gasteiger partial charge in [0.15, 0.2) is 17.5 Å². The minimum absolute atomic E-state index is 0.637. The van der Waals surface area contributed by atoms with Gasteiger partial charge in [-0.25, -0.2) is 19.9 Å². The van der Waals surface area contributed by atoms with E-state index in [0.29, 0.717) is 17.5 Å². The lowest BCUT2D eigenvalue weighted by Gasteiger charge is -2.12. The van der Waals surface area contributed by atoms with Gasteiger partial charge in [-0.15, -0.1) is 11.3 Å². The number of nitrogens with zero attached hydrogens (tertiary/aromatic N) is 4. The van der Waals surface area contributed by atoms with Crippen LogP contribution >= 0.6 is 11.3 Å². The van der Waals surface area contributed by atoms with Crippen LogP contribution in [-0.4, -0.2) is 19.9 Å². The van der Waals surface area contributed by atoms with Crippen molar-refractivity contribution in [3.05, 3.63) is 194 Å². The Hall–Kier alpha value is -7.08. The Kier molecular flexibility index (Phi) is 8.32. The van der Waals surface area contributed by atoms with Crippen LogP contribution in [0.4, 0.5) is 0 Å². The number of pyridine rings is 1. The van der Waals surface area contributed by atoms with Gasteiger partial charge in [0.05, 0.1) is 11.2 Å². The quantitative estimate of drug-likeness (QED) is 0.164. The van der Waals surface area contributed by atoms with E-state index in [1.807, 2.05) is 72.0 Å². The molecule has 0 atom stereocenters. The molecule has 0 fully saturated rings. The third kappa shape index (κ3) is 6.17. The molecule has 55 heavy (non-hydrogen) atoms. The first-order valence-electron chi connectivity index (χ1n) is 18.3. The summed E-state index contributed by atoms with van der Waals surface area (Å²) in [5, 5.41) is 2.32. The van der Waals surface area contributed by atoms with E-state index in [-0.39, 0.29) is 0 Å². The van der Waals surface area contributed by atoms with E-state index in [9.17, 15) is 0 Å². The van der Waals surface area contributed by atoms with Gasteiger partial charge >= 0.3 is 0 Å². The van der Waals surface area contributed by atoms with E-state index in [1.54, 1.807) is 0 Å². The second-order valence-corrected chi connectivity index (χ2v) is 14.4. The third-order valence-electron chi connectivity index (χ3n) is 9.94. The molecule has 7 aromatic carbocycles. The van der Waals surface area contributed by atoms with Gasteiger partial charge < -0.3 is 0 Å². The van der Waals surface area contributed by atoms with Crippen molar-refractivity contribution < 1.29 is 0 Å². The monoisotopic (exact) mass is 720 g/mol. The summed E-state index contributed by atoms with van der Waals surface area (Å²) < 4.78 is 1.23. The number of hydrogen-bond donors (Lipinski definition) is 0. The normalized spacial score (nSPS) is 11.3. The van der Waals surface area contributed by atoms with Crippen molar-refractivity contribution in [3.63, 3.8) is 0 Å². The topological polar surface area (TPSA) is 51.6 Å². The summed E-state index contributed by atoms with van der Waals surface area (Å²) in [5.74, 6) is 1.93. The van der Waals surface area contributed by atoms with E-state index in [4.69, 9.17) is 19.9 Å². The van der Waals surface area contributed by atoms with Gasteiger partial charge in [-0.1, -0.05) is 182 Å². The molecule has 0 saturated carbocycles. The first kappa shape index (κ1) is 32.6. The molecule has 0 unspecified atom stereocenters. The van der Waals surface area contributed by atoms with Crippen LogP contribution in [0.25, 0.3) is 99.1 Å². The van der Waals surface area contributed by atoms with Crippen LogP contribution in [0.3, 0.4) is 0 Å². The zero-order chi connectivity index (χ0) is 36.6. The predicted molar refractivity (Wildman–Crippen MR) is 229 cm³/mol. The highest BCUT2D eigenvalue weighted by Gasteiger charge is 2.23. The van der Waals surface area contributed by atoms with Gasteiger partial charge in [-0.05, 0) is 34.4 Å². The number of rotatable bonds is 7. The van der Waals surface area contributed by atoms with Crippen LogP contribution in [0.2, 0.25) is 0 Å². The highest BCUT2D eigenvalue weighted by Crippen LogP contribution is 2.50. The van der Waals surface area contributed by atoms with Crippen LogP contribution in [0, 0.1) is 0 Å². The molecule has 4 nitrogen and oxygen atoms in total. The average Bonchev–Trinajstić information content (AvgIpc) is 3.69. The van der Waals surface area contributed by atoms with Crippen LogP contribution in [0.5, 0.6) is 0 Å². The van der Waals surface area contributed by atoms with E-state index in [0.717, 1.165) is 50.0 Å². The Morgan fingerprint density at radius 2 is 0.745 bits per heavy atom. The minimum atomic E-state index is 0.637. The highest BCUT2D eigenvalue weighted by atomic mass is 32.1. The zero-order valence-electron chi connectivity index (χ0n) is 29.7. The fourth-order valence-electron chi connectivity index (χ4n) is 7.25. The highest BCUT2D eigenvalue weighted by molar-refractivity contribution is 7.24. The van der Waals surface area contributed by atoms with E-state index >= 15 is 0 Å². The molecule has 0 amide bonds. The van der Waals surface area contributed by atoms with Crippen molar-refractivity contribution in [2.45, 2.75) is 0 Å². The van der Waals surface area contributed by atoms with Crippen LogP contribution in [0.15, 0.2) is 194 Å². The van der Waals surface area contributed by atoms with Crippen molar-refractivity contribution in [3.8, 4) is 78.1 Å². The van der Waals surface area contributed by atoms with Crippen molar-refractivity contribution in [1.82, 2.24) is 19.9 Å². The molecule has 0 aliphatic carbocycles. The maximum absolute atomic E-state index is 5.41. The molecule has 0 bridgehead atoms. The number of hydrogen-bond acceptors (Lipinski definition) is 5. The van der Waals surface area contributed by atoms with E-state index in [1.165, 1.54) is 31.7 Å². The molecule has 0 aliphatic heterocycles. The second-order valence-electron chi connectivity index (χ2n) is 13.4. The molecule has 0 spiro atoms. The second kappa shape index (κ2) is 14.0. The molecule has 3 aromatic heterocycles. The predicted octanol–water partition coefficient (Wildman–Crippen LogP) is 13.3. The smallest absolute Gasteiger partial charge is 0.164 e. The lowest BCUT2D eigenvalue weighted by atomic mass is 9.94. The van der Waals surface area contributed by atoms with Gasteiger partial charge in [0.25, 0.3) is 0 Å². The van der Waals surface area contributed by atoms with E-state index in [2.05, 4.69) is 133 Å². The average molecular weight is 721 g/mol. The Morgan fingerprint density at radius 3 is 1.27 bits per heavy atom. The summed E-state index contributed by atoms with van der Waals surface area (Å²) in [4.78, 5) is 21.4. The van der Waals surface area contributed by atoms with Gasteiger partial charge in [0, 0.05) is 48.2 Å². The van der Waals surface area contributed by atoms with Crippen LogP contribution in [0.1, 0.15) is 0 Å². The molecule has 0 N–H and O–H groups in total. The molecule has 258 valence electrons. The summed E-state index contributed by atoms with van der Waals surface area (Å²) in [6, 6.07) is 67.4.